The Morgan fingerprint density at radius 2 is 2.24 bits per heavy atom. The number of rotatable bonds is 3. The van der Waals surface area contributed by atoms with Gasteiger partial charge in [0.2, 0.25) is 0 Å². The molecule has 90 valence electrons. The van der Waals surface area contributed by atoms with Crippen molar-refractivity contribution in [1.82, 2.24) is 15.0 Å². The van der Waals surface area contributed by atoms with E-state index >= 15 is 0 Å². The molecule has 1 aromatic carbocycles. The van der Waals surface area contributed by atoms with Gasteiger partial charge in [0.25, 0.3) is 0 Å². The lowest BCUT2D eigenvalue weighted by molar-refractivity contribution is 0.414. The monoisotopic (exact) mass is 296 g/mol. The van der Waals surface area contributed by atoms with Crippen molar-refractivity contribution in [3.05, 3.63) is 28.4 Å². The third-order valence-corrected chi connectivity index (χ3v) is 3.11. The molecule has 0 radical (unpaired) electrons. The van der Waals surface area contributed by atoms with Crippen LogP contribution in [0.15, 0.2) is 22.8 Å². The second-order valence-electron chi connectivity index (χ2n) is 3.58. The van der Waals surface area contributed by atoms with Crippen LogP contribution in [-0.4, -0.2) is 22.1 Å². The maximum Gasteiger partial charge on any atom is 0.156 e. The van der Waals surface area contributed by atoms with Crippen LogP contribution in [0.5, 0.6) is 5.75 Å². The van der Waals surface area contributed by atoms with Crippen molar-refractivity contribution >= 4 is 15.9 Å². The van der Waals surface area contributed by atoms with Gasteiger partial charge in [-0.2, -0.15) is 0 Å². The second kappa shape index (κ2) is 4.85. The normalized spacial score (nSPS) is 10.6. The first-order valence-electron chi connectivity index (χ1n) is 5.10. The molecule has 2 aromatic rings. The van der Waals surface area contributed by atoms with Gasteiger partial charge < -0.3 is 10.5 Å². The molecule has 0 aliphatic rings. The Bertz CT molecular complexity index is 519. The summed E-state index contributed by atoms with van der Waals surface area (Å²) in [6, 6.07) is 5.78. The molecule has 1 aromatic heterocycles. The molecule has 2 N–H and O–H groups in total. The van der Waals surface area contributed by atoms with Crippen LogP contribution in [0.25, 0.3) is 11.3 Å². The maximum absolute atomic E-state index is 5.76. The number of nitrogens with zero attached hydrogens (tertiary/aromatic N) is 3. The molecule has 0 fully saturated rings. The van der Waals surface area contributed by atoms with Gasteiger partial charge in [-0.15, -0.1) is 5.10 Å². The van der Waals surface area contributed by atoms with Crippen LogP contribution in [-0.2, 0) is 13.6 Å². The lowest BCUT2D eigenvalue weighted by Crippen LogP contribution is -2.02. The predicted octanol–water partition coefficient (Wildman–Crippen LogP) is 1.71. The van der Waals surface area contributed by atoms with Gasteiger partial charge in [-0.3, -0.25) is 0 Å². The third kappa shape index (κ3) is 2.18. The van der Waals surface area contributed by atoms with Crippen molar-refractivity contribution < 1.29 is 4.74 Å². The van der Waals surface area contributed by atoms with E-state index in [-0.39, 0.29) is 0 Å². The molecule has 0 aliphatic heterocycles. The highest BCUT2D eigenvalue weighted by atomic mass is 79.9. The van der Waals surface area contributed by atoms with Gasteiger partial charge in [-0.1, -0.05) is 5.21 Å². The Morgan fingerprint density at radius 3 is 2.76 bits per heavy atom. The number of benzene rings is 1. The Morgan fingerprint density at radius 1 is 1.47 bits per heavy atom. The molecule has 17 heavy (non-hydrogen) atoms. The molecule has 1 heterocycles. The Balaban J connectivity index is 2.59. The standard InChI is InChI=1S/C11H13BrN4O/c1-16-10(11(12)14-15-16)9-4-3-8(17-2)5-7(9)6-13/h3-5H,6,13H2,1-2H3. The Kier molecular flexibility index (Phi) is 3.44. The summed E-state index contributed by atoms with van der Waals surface area (Å²) in [6.07, 6.45) is 0. The lowest BCUT2D eigenvalue weighted by Gasteiger charge is -2.10. The van der Waals surface area contributed by atoms with E-state index in [0.29, 0.717) is 11.1 Å². The third-order valence-electron chi connectivity index (χ3n) is 2.57. The molecule has 0 unspecified atom stereocenters. The molecule has 0 saturated heterocycles. The van der Waals surface area contributed by atoms with Gasteiger partial charge in [-0.05, 0) is 39.7 Å². The van der Waals surface area contributed by atoms with E-state index in [1.807, 2.05) is 25.2 Å². The zero-order chi connectivity index (χ0) is 12.4. The summed E-state index contributed by atoms with van der Waals surface area (Å²) < 4.78 is 7.61. The van der Waals surface area contributed by atoms with E-state index in [4.69, 9.17) is 10.5 Å². The predicted molar refractivity (Wildman–Crippen MR) is 68.6 cm³/mol. The molecule has 0 aliphatic carbocycles. The first-order chi connectivity index (χ1) is 8.17. The zero-order valence-electron chi connectivity index (χ0n) is 9.64. The molecular formula is C11H13BrN4O. The van der Waals surface area contributed by atoms with Crippen LogP contribution >= 0.6 is 15.9 Å². The summed E-state index contributed by atoms with van der Waals surface area (Å²) in [6.45, 7) is 0.435. The molecule has 6 heteroatoms. The SMILES string of the molecule is COc1ccc(-c2c(Br)nnn2C)c(CN)c1. The number of aromatic nitrogens is 3. The lowest BCUT2D eigenvalue weighted by atomic mass is 10.0. The molecular weight excluding hydrogens is 284 g/mol. The summed E-state index contributed by atoms with van der Waals surface area (Å²) >= 11 is 3.39. The highest BCUT2D eigenvalue weighted by Gasteiger charge is 2.14. The molecule has 0 spiro atoms. The summed E-state index contributed by atoms with van der Waals surface area (Å²) in [5.74, 6) is 0.792. The van der Waals surface area contributed by atoms with Crippen molar-refractivity contribution in [3.8, 4) is 17.0 Å². The van der Waals surface area contributed by atoms with Gasteiger partial charge in [0, 0.05) is 19.2 Å². The number of hydrogen-bond donors (Lipinski definition) is 1. The van der Waals surface area contributed by atoms with Crippen LogP contribution in [0.3, 0.4) is 0 Å². The minimum atomic E-state index is 0.435. The van der Waals surface area contributed by atoms with E-state index < -0.39 is 0 Å². The highest BCUT2D eigenvalue weighted by molar-refractivity contribution is 9.10. The number of halogens is 1. The fourth-order valence-electron chi connectivity index (χ4n) is 1.71. The van der Waals surface area contributed by atoms with Crippen LogP contribution in [0, 0.1) is 0 Å². The highest BCUT2D eigenvalue weighted by Crippen LogP contribution is 2.30. The van der Waals surface area contributed by atoms with Crippen LogP contribution in [0.4, 0.5) is 0 Å². The van der Waals surface area contributed by atoms with E-state index in [1.54, 1.807) is 11.8 Å². The summed E-state index contributed by atoms with van der Waals surface area (Å²) in [5.41, 5.74) is 8.67. The van der Waals surface area contributed by atoms with Gasteiger partial charge in [0.1, 0.15) is 11.4 Å². The average molecular weight is 297 g/mol. The van der Waals surface area contributed by atoms with Crippen LogP contribution in [0.1, 0.15) is 5.56 Å². The number of nitrogens with two attached hydrogens (primary N) is 1. The van der Waals surface area contributed by atoms with Gasteiger partial charge >= 0.3 is 0 Å². The quantitative estimate of drug-likeness (QED) is 0.936. The minimum Gasteiger partial charge on any atom is -0.497 e. The number of aryl methyl sites for hydroxylation is 1. The van der Waals surface area contributed by atoms with Gasteiger partial charge in [0.05, 0.1) is 7.11 Å². The molecule has 5 nitrogen and oxygen atoms in total. The van der Waals surface area contributed by atoms with Crippen molar-refractivity contribution in [2.24, 2.45) is 12.8 Å². The summed E-state index contributed by atoms with van der Waals surface area (Å²) in [7, 11) is 3.48. The van der Waals surface area contributed by atoms with E-state index in [0.717, 1.165) is 22.6 Å². The Hall–Kier alpha value is -1.40. The molecule has 0 amide bonds. The molecule has 0 atom stereocenters. The van der Waals surface area contributed by atoms with Crippen molar-refractivity contribution in [2.45, 2.75) is 6.54 Å². The van der Waals surface area contributed by atoms with E-state index in [2.05, 4.69) is 26.2 Å². The summed E-state index contributed by atoms with van der Waals surface area (Å²) in [4.78, 5) is 0. The minimum absolute atomic E-state index is 0.435. The smallest absolute Gasteiger partial charge is 0.156 e. The number of methoxy groups -OCH3 is 1. The first kappa shape index (κ1) is 12.1. The van der Waals surface area contributed by atoms with Crippen molar-refractivity contribution in [1.29, 1.82) is 0 Å². The molecule has 2 rings (SSSR count). The topological polar surface area (TPSA) is 66.0 Å². The number of hydrogen-bond acceptors (Lipinski definition) is 4. The second-order valence-corrected chi connectivity index (χ2v) is 4.33. The fourth-order valence-corrected chi connectivity index (χ4v) is 2.26. The maximum atomic E-state index is 5.76. The Labute approximate surface area is 108 Å². The van der Waals surface area contributed by atoms with Gasteiger partial charge in [0.15, 0.2) is 4.60 Å². The van der Waals surface area contributed by atoms with Gasteiger partial charge in [-0.25, -0.2) is 4.68 Å². The number of ether oxygens (including phenoxy) is 1. The van der Waals surface area contributed by atoms with Crippen molar-refractivity contribution in [3.63, 3.8) is 0 Å². The van der Waals surface area contributed by atoms with Crippen molar-refractivity contribution in [2.75, 3.05) is 7.11 Å². The zero-order valence-corrected chi connectivity index (χ0v) is 11.2. The first-order valence-corrected chi connectivity index (χ1v) is 5.89. The van der Waals surface area contributed by atoms with E-state index in [1.165, 1.54) is 0 Å². The fraction of sp³-hybridized carbons (Fsp3) is 0.273. The largest absolute Gasteiger partial charge is 0.497 e. The average Bonchev–Trinajstić information content (AvgIpc) is 2.68. The summed E-state index contributed by atoms with van der Waals surface area (Å²) in [5, 5.41) is 7.93. The molecule has 0 bridgehead atoms. The van der Waals surface area contributed by atoms with Crippen LogP contribution < -0.4 is 10.5 Å². The van der Waals surface area contributed by atoms with E-state index in [9.17, 15) is 0 Å². The molecule has 0 saturated carbocycles. The van der Waals surface area contributed by atoms with Crippen LogP contribution in [0.2, 0.25) is 0 Å².